The standard InChI is InChI=1S/C20H22N2O3/c1-2-25-18-11-7-16(8-12-18)21-19(23)14-15-5-9-17(10-6-15)22-13-3-4-20(22)24/h5-12H,2-4,13-14H2,1H3,(H,21,23). The summed E-state index contributed by atoms with van der Waals surface area (Å²) >= 11 is 0. The Labute approximate surface area is 147 Å². The zero-order valence-electron chi connectivity index (χ0n) is 14.3. The highest BCUT2D eigenvalue weighted by atomic mass is 16.5. The number of rotatable bonds is 6. The zero-order valence-corrected chi connectivity index (χ0v) is 14.3. The molecular weight excluding hydrogens is 316 g/mol. The fraction of sp³-hybridized carbons (Fsp3) is 0.300. The number of hydrogen-bond donors (Lipinski definition) is 1. The van der Waals surface area contributed by atoms with Gasteiger partial charge in [0.25, 0.3) is 0 Å². The lowest BCUT2D eigenvalue weighted by atomic mass is 10.1. The predicted molar refractivity (Wildman–Crippen MR) is 98.0 cm³/mol. The van der Waals surface area contributed by atoms with E-state index in [0.29, 0.717) is 19.4 Å². The van der Waals surface area contributed by atoms with Gasteiger partial charge in [0.1, 0.15) is 5.75 Å². The normalized spacial score (nSPS) is 13.8. The maximum absolute atomic E-state index is 12.2. The largest absolute Gasteiger partial charge is 0.494 e. The van der Waals surface area contributed by atoms with Crippen LogP contribution in [0.5, 0.6) is 5.75 Å². The van der Waals surface area contributed by atoms with Crippen molar-refractivity contribution >= 4 is 23.2 Å². The third-order valence-corrected chi connectivity index (χ3v) is 4.14. The monoisotopic (exact) mass is 338 g/mol. The number of nitrogens with one attached hydrogen (secondary N) is 1. The maximum atomic E-state index is 12.2. The summed E-state index contributed by atoms with van der Waals surface area (Å²) in [4.78, 5) is 25.7. The summed E-state index contributed by atoms with van der Waals surface area (Å²) in [6.45, 7) is 3.32. The zero-order chi connectivity index (χ0) is 17.6. The summed E-state index contributed by atoms with van der Waals surface area (Å²) < 4.78 is 5.38. The van der Waals surface area contributed by atoms with E-state index in [4.69, 9.17) is 4.74 Å². The summed E-state index contributed by atoms with van der Waals surface area (Å²) in [5.41, 5.74) is 2.56. The predicted octanol–water partition coefficient (Wildman–Crippen LogP) is 3.39. The van der Waals surface area contributed by atoms with E-state index >= 15 is 0 Å². The fourth-order valence-corrected chi connectivity index (χ4v) is 2.91. The van der Waals surface area contributed by atoms with Crippen molar-refractivity contribution in [1.29, 1.82) is 0 Å². The van der Waals surface area contributed by atoms with Crippen molar-refractivity contribution in [1.82, 2.24) is 0 Å². The summed E-state index contributed by atoms with van der Waals surface area (Å²) in [5, 5.41) is 2.88. The lowest BCUT2D eigenvalue weighted by Crippen LogP contribution is -2.23. The summed E-state index contributed by atoms with van der Waals surface area (Å²) in [6, 6.07) is 14.9. The molecule has 2 amide bonds. The third-order valence-electron chi connectivity index (χ3n) is 4.14. The summed E-state index contributed by atoms with van der Waals surface area (Å²) in [5.74, 6) is 0.877. The van der Waals surface area contributed by atoms with Gasteiger partial charge in [0.05, 0.1) is 13.0 Å². The number of carbonyl (C=O) groups excluding carboxylic acids is 2. The molecule has 0 saturated carbocycles. The topological polar surface area (TPSA) is 58.6 Å². The average molecular weight is 338 g/mol. The lowest BCUT2D eigenvalue weighted by Gasteiger charge is -2.15. The van der Waals surface area contributed by atoms with Crippen molar-refractivity contribution in [2.24, 2.45) is 0 Å². The van der Waals surface area contributed by atoms with Crippen LogP contribution in [-0.2, 0) is 16.0 Å². The highest BCUT2D eigenvalue weighted by Gasteiger charge is 2.21. The molecule has 5 nitrogen and oxygen atoms in total. The second kappa shape index (κ2) is 7.83. The molecule has 5 heteroatoms. The average Bonchev–Trinajstić information content (AvgIpc) is 3.03. The van der Waals surface area contributed by atoms with E-state index in [-0.39, 0.29) is 11.8 Å². The molecule has 1 aliphatic heterocycles. The molecule has 1 saturated heterocycles. The molecule has 2 aromatic carbocycles. The quantitative estimate of drug-likeness (QED) is 0.878. The number of ether oxygens (including phenoxy) is 1. The van der Waals surface area contributed by atoms with Gasteiger partial charge in [0.2, 0.25) is 11.8 Å². The third kappa shape index (κ3) is 4.38. The summed E-state index contributed by atoms with van der Waals surface area (Å²) in [7, 11) is 0. The number of anilines is 2. The van der Waals surface area contributed by atoms with E-state index in [0.717, 1.165) is 35.7 Å². The van der Waals surface area contributed by atoms with Crippen LogP contribution in [0.25, 0.3) is 0 Å². The molecule has 1 N–H and O–H groups in total. The first kappa shape index (κ1) is 17.0. The van der Waals surface area contributed by atoms with Gasteiger partial charge < -0.3 is 15.0 Å². The molecule has 0 bridgehead atoms. The van der Waals surface area contributed by atoms with Gasteiger partial charge in [-0.25, -0.2) is 0 Å². The van der Waals surface area contributed by atoms with E-state index in [1.807, 2.05) is 55.5 Å². The van der Waals surface area contributed by atoms with Crippen molar-refractivity contribution in [2.45, 2.75) is 26.2 Å². The molecule has 0 unspecified atom stereocenters. The van der Waals surface area contributed by atoms with Crippen LogP contribution in [0.15, 0.2) is 48.5 Å². The van der Waals surface area contributed by atoms with Gasteiger partial charge in [-0.1, -0.05) is 12.1 Å². The fourth-order valence-electron chi connectivity index (χ4n) is 2.91. The van der Waals surface area contributed by atoms with Gasteiger partial charge >= 0.3 is 0 Å². The van der Waals surface area contributed by atoms with E-state index in [1.54, 1.807) is 4.90 Å². The molecule has 25 heavy (non-hydrogen) atoms. The van der Waals surface area contributed by atoms with Crippen molar-refractivity contribution in [3.8, 4) is 5.75 Å². The van der Waals surface area contributed by atoms with Crippen LogP contribution in [0.2, 0.25) is 0 Å². The second-order valence-corrected chi connectivity index (χ2v) is 6.00. The lowest BCUT2D eigenvalue weighted by molar-refractivity contribution is -0.117. The Kier molecular flexibility index (Phi) is 5.33. The Morgan fingerprint density at radius 1 is 1.12 bits per heavy atom. The Morgan fingerprint density at radius 2 is 1.84 bits per heavy atom. The van der Waals surface area contributed by atoms with E-state index in [9.17, 15) is 9.59 Å². The molecule has 1 aliphatic rings. The molecule has 0 atom stereocenters. The smallest absolute Gasteiger partial charge is 0.228 e. The number of carbonyl (C=O) groups is 2. The van der Waals surface area contributed by atoms with Crippen LogP contribution >= 0.6 is 0 Å². The second-order valence-electron chi connectivity index (χ2n) is 6.00. The first-order valence-electron chi connectivity index (χ1n) is 8.57. The summed E-state index contributed by atoms with van der Waals surface area (Å²) in [6.07, 6.45) is 1.82. The number of amides is 2. The minimum Gasteiger partial charge on any atom is -0.494 e. The highest BCUT2D eigenvalue weighted by Crippen LogP contribution is 2.22. The van der Waals surface area contributed by atoms with Gasteiger partial charge in [0.15, 0.2) is 0 Å². The van der Waals surface area contributed by atoms with Crippen LogP contribution in [0, 0.1) is 0 Å². The van der Waals surface area contributed by atoms with E-state index in [1.165, 1.54) is 0 Å². The Bertz CT molecular complexity index is 739. The van der Waals surface area contributed by atoms with Crippen molar-refractivity contribution in [3.63, 3.8) is 0 Å². The first-order chi connectivity index (χ1) is 12.2. The number of hydrogen-bond acceptors (Lipinski definition) is 3. The van der Waals surface area contributed by atoms with Crippen LogP contribution in [0.4, 0.5) is 11.4 Å². The highest BCUT2D eigenvalue weighted by molar-refractivity contribution is 5.95. The Morgan fingerprint density at radius 3 is 2.44 bits per heavy atom. The van der Waals surface area contributed by atoms with Crippen LogP contribution in [-0.4, -0.2) is 25.0 Å². The molecular formula is C20H22N2O3. The number of nitrogens with zero attached hydrogens (tertiary/aromatic N) is 1. The molecule has 0 aromatic heterocycles. The van der Waals surface area contributed by atoms with Gasteiger partial charge in [-0.15, -0.1) is 0 Å². The van der Waals surface area contributed by atoms with Gasteiger partial charge in [-0.2, -0.15) is 0 Å². The van der Waals surface area contributed by atoms with E-state index in [2.05, 4.69) is 5.32 Å². The molecule has 0 radical (unpaired) electrons. The molecule has 3 rings (SSSR count). The molecule has 0 aliphatic carbocycles. The van der Waals surface area contributed by atoms with Crippen molar-refractivity contribution in [2.75, 3.05) is 23.4 Å². The van der Waals surface area contributed by atoms with Crippen LogP contribution in [0.3, 0.4) is 0 Å². The minimum absolute atomic E-state index is 0.0749. The Hall–Kier alpha value is -2.82. The SMILES string of the molecule is CCOc1ccc(NC(=O)Cc2ccc(N3CCCC3=O)cc2)cc1. The van der Waals surface area contributed by atoms with Crippen molar-refractivity contribution < 1.29 is 14.3 Å². The van der Waals surface area contributed by atoms with Crippen LogP contribution in [0.1, 0.15) is 25.3 Å². The first-order valence-corrected chi connectivity index (χ1v) is 8.57. The van der Waals surface area contributed by atoms with Crippen LogP contribution < -0.4 is 15.0 Å². The molecule has 2 aromatic rings. The van der Waals surface area contributed by atoms with Gasteiger partial charge in [-0.3, -0.25) is 9.59 Å². The number of benzene rings is 2. The van der Waals surface area contributed by atoms with Gasteiger partial charge in [-0.05, 0) is 55.3 Å². The molecule has 1 fully saturated rings. The molecule has 0 spiro atoms. The van der Waals surface area contributed by atoms with Crippen molar-refractivity contribution in [3.05, 3.63) is 54.1 Å². The Balaban J connectivity index is 1.56. The van der Waals surface area contributed by atoms with Gasteiger partial charge in [0, 0.05) is 24.3 Å². The van der Waals surface area contributed by atoms with E-state index < -0.39 is 0 Å². The molecule has 1 heterocycles. The maximum Gasteiger partial charge on any atom is 0.228 e. The minimum atomic E-state index is -0.0749. The molecule has 130 valence electrons.